The summed E-state index contributed by atoms with van der Waals surface area (Å²) < 4.78 is 29.6. The smallest absolute Gasteiger partial charge is 0.238 e. The van der Waals surface area contributed by atoms with Gasteiger partial charge in [-0.2, -0.15) is 0 Å². The van der Waals surface area contributed by atoms with Crippen molar-refractivity contribution in [2.24, 2.45) is 5.14 Å². The SMILES string of the molecule is NS(=O)(=O)c1ccc(OC2c3ccccc3CC2N2CC[C@@H](N3CCCC3)C2)cc1. The van der Waals surface area contributed by atoms with Crippen LogP contribution >= 0.6 is 0 Å². The second-order valence-corrected chi connectivity index (χ2v) is 10.3. The van der Waals surface area contributed by atoms with Crippen LogP contribution in [0.1, 0.15) is 36.5 Å². The first kappa shape index (κ1) is 20.0. The number of fused-ring (bicyclic) bond motifs is 1. The van der Waals surface area contributed by atoms with Crippen LogP contribution in [-0.2, 0) is 16.4 Å². The van der Waals surface area contributed by atoms with Crippen molar-refractivity contribution in [2.45, 2.75) is 48.8 Å². The van der Waals surface area contributed by atoms with Gasteiger partial charge in [0.05, 0.1) is 10.9 Å². The van der Waals surface area contributed by atoms with Gasteiger partial charge in [-0.05, 0) is 74.2 Å². The monoisotopic (exact) mass is 427 g/mol. The molecule has 2 unspecified atom stereocenters. The van der Waals surface area contributed by atoms with Crippen LogP contribution in [0.4, 0.5) is 0 Å². The standard InChI is InChI=1S/C23H29N3O3S/c24-30(27,28)20-9-7-19(8-10-20)29-23-21-6-2-1-5-17(21)15-22(23)26-14-11-18(16-26)25-12-3-4-13-25/h1-2,5-10,18,22-23H,3-4,11-16H2,(H2,24,27,28)/t18-,22?,23?/m1/s1. The molecule has 0 amide bonds. The number of hydrogen-bond acceptors (Lipinski definition) is 5. The molecule has 1 aliphatic carbocycles. The average molecular weight is 428 g/mol. The van der Waals surface area contributed by atoms with Crippen LogP contribution in [-0.4, -0.2) is 56.5 Å². The van der Waals surface area contributed by atoms with Crippen LogP contribution < -0.4 is 9.88 Å². The van der Waals surface area contributed by atoms with Gasteiger partial charge in [-0.25, -0.2) is 13.6 Å². The fourth-order valence-corrected chi connectivity index (χ4v) is 5.84. The van der Waals surface area contributed by atoms with E-state index in [1.54, 1.807) is 12.1 Å². The van der Waals surface area contributed by atoms with Gasteiger partial charge < -0.3 is 4.74 Å². The first-order chi connectivity index (χ1) is 14.5. The minimum absolute atomic E-state index is 0.0566. The molecule has 2 N–H and O–H groups in total. The number of hydrogen-bond donors (Lipinski definition) is 1. The van der Waals surface area contributed by atoms with Crippen molar-refractivity contribution in [1.82, 2.24) is 9.80 Å². The Morgan fingerprint density at radius 2 is 1.67 bits per heavy atom. The zero-order chi connectivity index (χ0) is 20.7. The lowest BCUT2D eigenvalue weighted by Gasteiger charge is -2.31. The molecule has 0 radical (unpaired) electrons. The minimum Gasteiger partial charge on any atom is -0.484 e. The summed E-state index contributed by atoms with van der Waals surface area (Å²) in [6.45, 7) is 4.67. The highest BCUT2D eigenvalue weighted by Crippen LogP contribution is 2.39. The number of benzene rings is 2. The molecule has 2 saturated heterocycles. The topological polar surface area (TPSA) is 75.9 Å². The Hall–Kier alpha value is -1.93. The number of nitrogens with zero attached hydrogens (tertiary/aromatic N) is 2. The quantitative estimate of drug-likeness (QED) is 0.794. The lowest BCUT2D eigenvalue weighted by Crippen LogP contribution is -2.41. The Kier molecular flexibility index (Phi) is 5.31. The molecule has 3 atom stereocenters. The van der Waals surface area contributed by atoms with Gasteiger partial charge >= 0.3 is 0 Å². The van der Waals surface area contributed by atoms with Crippen molar-refractivity contribution in [3.8, 4) is 5.75 Å². The first-order valence-corrected chi connectivity index (χ1v) is 12.4. The highest BCUT2D eigenvalue weighted by molar-refractivity contribution is 7.89. The van der Waals surface area contributed by atoms with Crippen LogP contribution in [0, 0.1) is 0 Å². The highest BCUT2D eigenvalue weighted by Gasteiger charge is 2.41. The van der Waals surface area contributed by atoms with Gasteiger partial charge in [-0.15, -0.1) is 0 Å². The first-order valence-electron chi connectivity index (χ1n) is 10.8. The van der Waals surface area contributed by atoms with Gasteiger partial charge in [-0.3, -0.25) is 9.80 Å². The molecule has 3 aliphatic rings. The molecule has 0 spiro atoms. The Balaban J connectivity index is 1.36. The Bertz CT molecular complexity index is 1000. The van der Waals surface area contributed by atoms with E-state index in [2.05, 4.69) is 34.1 Å². The van der Waals surface area contributed by atoms with E-state index in [0.29, 0.717) is 17.8 Å². The van der Waals surface area contributed by atoms with Crippen LogP contribution in [0.3, 0.4) is 0 Å². The van der Waals surface area contributed by atoms with E-state index in [1.165, 1.54) is 55.6 Å². The number of likely N-dealkylation sites (tertiary alicyclic amines) is 2. The molecular weight excluding hydrogens is 398 g/mol. The third-order valence-electron chi connectivity index (χ3n) is 6.88. The molecule has 0 aromatic heterocycles. The maximum Gasteiger partial charge on any atom is 0.238 e. The van der Waals surface area contributed by atoms with E-state index < -0.39 is 10.0 Å². The summed E-state index contributed by atoms with van der Waals surface area (Å²) in [7, 11) is -3.70. The summed E-state index contributed by atoms with van der Waals surface area (Å²) in [5.41, 5.74) is 2.58. The number of nitrogens with two attached hydrogens (primary N) is 1. The van der Waals surface area contributed by atoms with Crippen molar-refractivity contribution >= 4 is 10.0 Å². The molecule has 2 fully saturated rings. The van der Waals surface area contributed by atoms with Crippen LogP contribution in [0.2, 0.25) is 0 Å². The van der Waals surface area contributed by atoms with E-state index >= 15 is 0 Å². The van der Waals surface area contributed by atoms with E-state index in [-0.39, 0.29) is 11.0 Å². The minimum atomic E-state index is -3.70. The van der Waals surface area contributed by atoms with Gasteiger partial charge in [0.1, 0.15) is 11.9 Å². The molecule has 0 bridgehead atoms. The summed E-state index contributed by atoms with van der Waals surface area (Å²) in [5.74, 6) is 0.671. The zero-order valence-electron chi connectivity index (χ0n) is 17.1. The normalized spacial score (nSPS) is 27.4. The summed E-state index contributed by atoms with van der Waals surface area (Å²) in [6.07, 6.45) is 4.81. The summed E-state index contributed by atoms with van der Waals surface area (Å²) >= 11 is 0. The molecule has 160 valence electrons. The van der Waals surface area contributed by atoms with Crippen molar-refractivity contribution in [2.75, 3.05) is 26.2 Å². The predicted octanol–water partition coefficient (Wildman–Crippen LogP) is 2.55. The van der Waals surface area contributed by atoms with E-state index in [4.69, 9.17) is 9.88 Å². The Labute approximate surface area is 178 Å². The molecule has 2 aliphatic heterocycles. The van der Waals surface area contributed by atoms with E-state index in [0.717, 1.165) is 19.5 Å². The number of sulfonamides is 1. The van der Waals surface area contributed by atoms with Crippen LogP contribution in [0.25, 0.3) is 0 Å². The van der Waals surface area contributed by atoms with Gasteiger partial charge in [0.2, 0.25) is 10.0 Å². The zero-order valence-corrected chi connectivity index (χ0v) is 17.9. The molecule has 5 rings (SSSR count). The fourth-order valence-electron chi connectivity index (χ4n) is 5.33. The van der Waals surface area contributed by atoms with Gasteiger partial charge in [0.15, 0.2) is 0 Å². The largest absolute Gasteiger partial charge is 0.484 e. The Morgan fingerprint density at radius 1 is 0.933 bits per heavy atom. The van der Waals surface area contributed by atoms with Crippen molar-refractivity contribution < 1.29 is 13.2 Å². The summed E-state index contributed by atoms with van der Waals surface area (Å²) in [5, 5.41) is 5.22. The molecular formula is C23H29N3O3S. The molecule has 0 saturated carbocycles. The van der Waals surface area contributed by atoms with Crippen LogP contribution in [0.15, 0.2) is 53.4 Å². The lowest BCUT2D eigenvalue weighted by molar-refractivity contribution is 0.0880. The maximum atomic E-state index is 11.5. The second kappa shape index (κ2) is 7.96. The van der Waals surface area contributed by atoms with Gasteiger partial charge in [0, 0.05) is 19.1 Å². The number of rotatable bonds is 5. The summed E-state index contributed by atoms with van der Waals surface area (Å²) in [4.78, 5) is 5.36. The second-order valence-electron chi connectivity index (χ2n) is 8.71. The average Bonchev–Trinajstić information content (AvgIpc) is 3.47. The molecule has 2 aromatic rings. The predicted molar refractivity (Wildman–Crippen MR) is 116 cm³/mol. The number of ether oxygens (including phenoxy) is 1. The van der Waals surface area contributed by atoms with Crippen molar-refractivity contribution in [1.29, 1.82) is 0 Å². The molecule has 6 nitrogen and oxygen atoms in total. The molecule has 2 aromatic carbocycles. The third kappa shape index (κ3) is 3.87. The molecule has 2 heterocycles. The van der Waals surface area contributed by atoms with Gasteiger partial charge in [0.25, 0.3) is 0 Å². The maximum absolute atomic E-state index is 11.5. The number of primary sulfonamides is 1. The van der Waals surface area contributed by atoms with Gasteiger partial charge in [-0.1, -0.05) is 24.3 Å². The highest BCUT2D eigenvalue weighted by atomic mass is 32.2. The van der Waals surface area contributed by atoms with E-state index in [1.807, 2.05) is 0 Å². The Morgan fingerprint density at radius 3 is 2.40 bits per heavy atom. The van der Waals surface area contributed by atoms with E-state index in [9.17, 15) is 8.42 Å². The molecule has 7 heteroatoms. The fraction of sp³-hybridized carbons (Fsp3) is 0.478. The molecule has 30 heavy (non-hydrogen) atoms. The van der Waals surface area contributed by atoms with Crippen LogP contribution in [0.5, 0.6) is 5.75 Å². The summed E-state index contributed by atoms with van der Waals surface area (Å²) in [6, 6.07) is 15.9. The van der Waals surface area contributed by atoms with Crippen molar-refractivity contribution in [3.63, 3.8) is 0 Å². The lowest BCUT2D eigenvalue weighted by atomic mass is 10.1. The third-order valence-corrected chi connectivity index (χ3v) is 7.81. The van der Waals surface area contributed by atoms with Crippen molar-refractivity contribution in [3.05, 3.63) is 59.7 Å².